The van der Waals surface area contributed by atoms with E-state index in [0.717, 1.165) is 6.07 Å². The van der Waals surface area contributed by atoms with Gasteiger partial charge in [-0.15, -0.1) is 0 Å². The van der Waals surface area contributed by atoms with Gasteiger partial charge in [-0.1, -0.05) is 0 Å². The lowest BCUT2D eigenvalue weighted by molar-refractivity contribution is 0.0912. The van der Waals surface area contributed by atoms with Crippen LogP contribution in [0.4, 0.5) is 11.5 Å². The van der Waals surface area contributed by atoms with E-state index in [0.29, 0.717) is 35.6 Å². The Labute approximate surface area is 195 Å². The van der Waals surface area contributed by atoms with E-state index >= 15 is 0 Å². The fraction of sp³-hybridized carbons (Fsp3) is 0.364. The van der Waals surface area contributed by atoms with E-state index in [4.69, 9.17) is 18.9 Å². The lowest BCUT2D eigenvalue weighted by Gasteiger charge is -2.18. The molecular weight excluding hydrogens is 450 g/mol. The van der Waals surface area contributed by atoms with Gasteiger partial charge in [0.2, 0.25) is 0 Å². The lowest BCUT2D eigenvalue weighted by Crippen LogP contribution is -2.09. The number of aliphatic hydroxyl groups excluding tert-OH is 2. The van der Waals surface area contributed by atoms with E-state index in [-0.39, 0.29) is 30.3 Å². The summed E-state index contributed by atoms with van der Waals surface area (Å²) in [6, 6.07) is 4.21. The normalized spacial score (nSPS) is 12.0. The van der Waals surface area contributed by atoms with Crippen LogP contribution in [0.5, 0.6) is 28.7 Å². The number of methoxy groups -OCH3 is 2. The van der Waals surface area contributed by atoms with E-state index in [1.165, 1.54) is 6.33 Å². The minimum Gasteiger partial charge on any atom is -0.507 e. The molecule has 1 heterocycles. The Hall–Kier alpha value is -3.58. The number of phenolic OH excluding ortho intramolecular Hbond substituents is 3. The van der Waals surface area contributed by atoms with Crippen LogP contribution in [0.15, 0.2) is 24.5 Å². The molecule has 1 unspecified atom stereocenters. The highest BCUT2D eigenvalue weighted by Crippen LogP contribution is 2.46. The van der Waals surface area contributed by atoms with Gasteiger partial charge in [-0.3, -0.25) is 0 Å². The van der Waals surface area contributed by atoms with Crippen LogP contribution in [0.2, 0.25) is 0 Å². The molecule has 0 aliphatic carbocycles. The molecule has 0 fully saturated rings. The van der Waals surface area contributed by atoms with Crippen LogP contribution in [0.3, 0.4) is 0 Å². The summed E-state index contributed by atoms with van der Waals surface area (Å²) in [7, 11) is 3.11. The Morgan fingerprint density at radius 1 is 0.882 bits per heavy atom. The molecule has 0 spiro atoms. The monoisotopic (exact) mass is 477 g/mol. The number of hydrogen-bond donors (Lipinski definition) is 6. The molecule has 184 valence electrons. The van der Waals surface area contributed by atoms with Crippen LogP contribution in [0, 0.1) is 0 Å². The highest BCUT2D eigenvalue weighted by Gasteiger charge is 2.24. The third-order valence-electron chi connectivity index (χ3n) is 4.84. The van der Waals surface area contributed by atoms with E-state index in [1.54, 1.807) is 26.4 Å². The molecule has 34 heavy (non-hydrogen) atoms. The molecule has 0 bridgehead atoms. The number of phenols is 3. The molecule has 0 saturated heterocycles. The Morgan fingerprint density at radius 3 is 2.15 bits per heavy atom. The zero-order valence-electron chi connectivity index (χ0n) is 18.7. The number of aromatic nitrogens is 2. The molecule has 3 aromatic rings. The van der Waals surface area contributed by atoms with Gasteiger partial charge in [0.05, 0.1) is 30.9 Å². The Balaban J connectivity index is 2.06. The Kier molecular flexibility index (Phi) is 8.49. The first-order valence-electron chi connectivity index (χ1n) is 10.3. The first-order chi connectivity index (χ1) is 16.4. The van der Waals surface area contributed by atoms with Crippen molar-refractivity contribution in [2.75, 3.05) is 52.6 Å². The first-order valence-corrected chi connectivity index (χ1v) is 10.3. The molecule has 0 radical (unpaired) electrons. The summed E-state index contributed by atoms with van der Waals surface area (Å²) in [6.45, 7) is 0.492. The zero-order valence-corrected chi connectivity index (χ0v) is 18.7. The van der Waals surface area contributed by atoms with Crippen molar-refractivity contribution in [1.29, 1.82) is 0 Å². The molecule has 3 rings (SSSR count). The molecule has 12 heteroatoms. The molecule has 0 saturated carbocycles. The van der Waals surface area contributed by atoms with E-state index in [2.05, 4.69) is 15.3 Å². The number of nitrogens with one attached hydrogen (secondary N) is 1. The number of benzene rings is 2. The molecule has 1 aromatic heterocycles. The number of aliphatic hydroxyl groups is 2. The average molecular weight is 477 g/mol. The second-order valence-corrected chi connectivity index (χ2v) is 7.10. The quantitative estimate of drug-likeness (QED) is 0.126. The number of hydrogen-bond acceptors (Lipinski definition) is 12. The smallest absolute Gasteiger partial charge is 0.163 e. The van der Waals surface area contributed by atoms with Gasteiger partial charge in [0.25, 0.3) is 0 Å². The summed E-state index contributed by atoms with van der Waals surface area (Å²) in [5.74, 6) is -0.747. The van der Waals surface area contributed by atoms with E-state index in [1.807, 2.05) is 0 Å². The van der Waals surface area contributed by atoms with Gasteiger partial charge in [0.15, 0.2) is 17.2 Å². The lowest BCUT2D eigenvalue weighted by atomic mass is 10.0. The number of anilines is 2. The van der Waals surface area contributed by atoms with Crippen LogP contribution in [-0.4, -0.2) is 82.8 Å². The van der Waals surface area contributed by atoms with Crippen LogP contribution in [-0.2, 0) is 9.47 Å². The van der Waals surface area contributed by atoms with Crippen molar-refractivity contribution in [3.05, 3.63) is 30.1 Å². The SMILES string of the molecule is COCCOc1cc2ncnc(Nc3c(O)cc(O)c(C(O)CO)c3O)c2cc1OCCOC. The molecule has 0 aliphatic rings. The first kappa shape index (κ1) is 25.1. The van der Waals surface area contributed by atoms with Gasteiger partial charge >= 0.3 is 0 Å². The number of aromatic hydroxyl groups is 3. The van der Waals surface area contributed by atoms with Gasteiger partial charge in [-0.25, -0.2) is 9.97 Å². The molecule has 12 nitrogen and oxygen atoms in total. The topological polar surface area (TPSA) is 176 Å². The number of rotatable bonds is 12. The van der Waals surface area contributed by atoms with Crippen molar-refractivity contribution in [3.63, 3.8) is 0 Å². The van der Waals surface area contributed by atoms with Crippen molar-refractivity contribution < 1.29 is 44.5 Å². The molecular formula is C22H27N3O9. The van der Waals surface area contributed by atoms with E-state index < -0.39 is 30.0 Å². The van der Waals surface area contributed by atoms with Crippen molar-refractivity contribution in [1.82, 2.24) is 9.97 Å². The van der Waals surface area contributed by atoms with Gasteiger partial charge < -0.3 is 49.8 Å². The number of ether oxygens (including phenoxy) is 4. The van der Waals surface area contributed by atoms with Crippen LogP contribution >= 0.6 is 0 Å². The average Bonchev–Trinajstić information content (AvgIpc) is 2.82. The molecule has 0 aliphatic heterocycles. The van der Waals surface area contributed by atoms with Crippen molar-refractivity contribution >= 4 is 22.4 Å². The standard InChI is InChI=1S/C22H27N3O9/c1-31-3-5-33-17-7-12-13(8-18(17)34-6-4-32-2)23-11-24-22(12)25-20-15(28)9-14(27)19(21(20)30)16(29)10-26/h7-9,11,16,26-30H,3-6,10H2,1-2H3,(H,23,24,25). The van der Waals surface area contributed by atoms with Gasteiger partial charge in [-0.2, -0.15) is 0 Å². The summed E-state index contributed by atoms with van der Waals surface area (Å²) in [5, 5.41) is 53.3. The second-order valence-electron chi connectivity index (χ2n) is 7.10. The summed E-state index contributed by atoms with van der Waals surface area (Å²) >= 11 is 0. The maximum Gasteiger partial charge on any atom is 0.163 e. The third kappa shape index (κ3) is 5.48. The maximum absolute atomic E-state index is 10.6. The molecule has 6 N–H and O–H groups in total. The summed E-state index contributed by atoms with van der Waals surface area (Å²) in [5.41, 5.74) is -0.112. The predicted molar refractivity (Wildman–Crippen MR) is 121 cm³/mol. The predicted octanol–water partition coefficient (Wildman–Crippen LogP) is 1.57. The Bertz CT molecular complexity index is 1130. The van der Waals surface area contributed by atoms with Crippen molar-refractivity contribution in [3.8, 4) is 28.7 Å². The van der Waals surface area contributed by atoms with Gasteiger partial charge in [-0.05, 0) is 6.07 Å². The number of nitrogens with zero attached hydrogens (tertiary/aromatic N) is 2. The minimum atomic E-state index is -1.57. The number of fused-ring (bicyclic) bond motifs is 1. The Morgan fingerprint density at radius 2 is 1.53 bits per heavy atom. The highest BCUT2D eigenvalue weighted by atomic mass is 16.5. The van der Waals surface area contributed by atoms with Crippen LogP contribution in [0.25, 0.3) is 10.9 Å². The molecule has 1 atom stereocenters. The second kappa shape index (κ2) is 11.5. The highest BCUT2D eigenvalue weighted by molar-refractivity contribution is 5.94. The van der Waals surface area contributed by atoms with E-state index in [9.17, 15) is 25.5 Å². The van der Waals surface area contributed by atoms with Crippen molar-refractivity contribution in [2.45, 2.75) is 6.10 Å². The van der Waals surface area contributed by atoms with Crippen LogP contribution in [0.1, 0.15) is 11.7 Å². The fourth-order valence-electron chi connectivity index (χ4n) is 3.18. The minimum absolute atomic E-state index is 0.186. The summed E-state index contributed by atoms with van der Waals surface area (Å²) in [6.07, 6.45) is -0.302. The molecule has 0 amide bonds. The molecule has 2 aromatic carbocycles. The van der Waals surface area contributed by atoms with Crippen molar-refractivity contribution in [2.24, 2.45) is 0 Å². The van der Waals surface area contributed by atoms with Crippen LogP contribution < -0.4 is 14.8 Å². The van der Waals surface area contributed by atoms with Gasteiger partial charge in [0, 0.05) is 31.7 Å². The zero-order chi connectivity index (χ0) is 24.7. The fourth-order valence-corrected chi connectivity index (χ4v) is 3.18. The van der Waals surface area contributed by atoms with Gasteiger partial charge in [0.1, 0.15) is 48.6 Å². The largest absolute Gasteiger partial charge is 0.507 e. The summed E-state index contributed by atoms with van der Waals surface area (Å²) in [4.78, 5) is 8.43. The summed E-state index contributed by atoms with van der Waals surface area (Å²) < 4.78 is 21.6. The third-order valence-corrected chi connectivity index (χ3v) is 4.84. The maximum atomic E-state index is 10.6.